The van der Waals surface area contributed by atoms with Crippen LogP contribution in [0.1, 0.15) is 9.75 Å². The van der Waals surface area contributed by atoms with Crippen LogP contribution >= 0.6 is 39.0 Å². The number of thiophene rings is 1. The maximum absolute atomic E-state index is 3.55. The average Bonchev–Trinajstić information content (AvgIpc) is 2.66. The Bertz CT molecular complexity index is 488. The number of anilines is 1. The summed E-state index contributed by atoms with van der Waals surface area (Å²) in [5.74, 6) is 0. The lowest BCUT2D eigenvalue weighted by Crippen LogP contribution is -1.98. The van der Waals surface area contributed by atoms with Crippen LogP contribution in [0.3, 0.4) is 0 Å². The number of para-hydroxylation sites is 1. The third-order valence-electron chi connectivity index (χ3n) is 2.47. The first kappa shape index (κ1) is 13.0. The Hall–Kier alpha value is -0.450. The molecule has 0 saturated heterocycles. The summed E-state index contributed by atoms with van der Waals surface area (Å²) < 4.78 is 1.21. The first-order valence-corrected chi connectivity index (χ1v) is 8.16. The Kier molecular flexibility index (Phi) is 4.54. The van der Waals surface area contributed by atoms with Gasteiger partial charge in [-0.3, -0.25) is 0 Å². The van der Waals surface area contributed by atoms with Crippen molar-refractivity contribution < 1.29 is 0 Å². The van der Waals surface area contributed by atoms with Crippen LogP contribution in [-0.2, 0) is 6.54 Å². The van der Waals surface area contributed by atoms with Crippen molar-refractivity contribution in [2.45, 2.75) is 18.4 Å². The van der Waals surface area contributed by atoms with Gasteiger partial charge >= 0.3 is 0 Å². The molecule has 90 valence electrons. The summed E-state index contributed by atoms with van der Waals surface area (Å²) in [5, 5.41) is 3.49. The predicted molar refractivity (Wildman–Crippen MR) is 82.3 cm³/mol. The average molecular weight is 328 g/mol. The quantitative estimate of drug-likeness (QED) is 0.779. The molecule has 0 radical (unpaired) electrons. The minimum atomic E-state index is 0.884. The first-order chi connectivity index (χ1) is 8.20. The molecule has 4 heteroatoms. The molecule has 0 aliphatic heterocycles. The van der Waals surface area contributed by atoms with Crippen molar-refractivity contribution in [1.82, 2.24) is 0 Å². The fourth-order valence-corrected chi connectivity index (χ4v) is 3.69. The number of benzene rings is 1. The molecule has 0 spiro atoms. The van der Waals surface area contributed by atoms with E-state index in [9.17, 15) is 0 Å². The number of nitrogens with one attached hydrogen (secondary N) is 1. The fraction of sp³-hybridized carbons (Fsp3) is 0.231. The van der Waals surface area contributed by atoms with Crippen LogP contribution in [0.4, 0.5) is 5.69 Å². The Morgan fingerprint density at radius 2 is 2.12 bits per heavy atom. The van der Waals surface area contributed by atoms with Gasteiger partial charge in [-0.25, -0.2) is 0 Å². The monoisotopic (exact) mass is 327 g/mol. The summed E-state index contributed by atoms with van der Waals surface area (Å²) in [6.07, 6.45) is 2.10. The molecule has 1 aromatic carbocycles. The van der Waals surface area contributed by atoms with Crippen molar-refractivity contribution in [3.05, 3.63) is 44.6 Å². The van der Waals surface area contributed by atoms with E-state index in [2.05, 4.69) is 64.8 Å². The van der Waals surface area contributed by atoms with Gasteiger partial charge in [0.15, 0.2) is 0 Å². The summed E-state index contributed by atoms with van der Waals surface area (Å²) in [4.78, 5) is 3.98. The third-order valence-corrected chi connectivity index (χ3v) is 5.40. The van der Waals surface area contributed by atoms with E-state index in [0.29, 0.717) is 0 Å². The lowest BCUT2D eigenvalue weighted by molar-refractivity contribution is 1.17. The summed E-state index contributed by atoms with van der Waals surface area (Å²) >= 11 is 7.15. The highest BCUT2D eigenvalue weighted by molar-refractivity contribution is 9.10. The maximum atomic E-state index is 3.55. The van der Waals surface area contributed by atoms with Crippen LogP contribution in [0, 0.1) is 6.92 Å². The van der Waals surface area contributed by atoms with Crippen LogP contribution < -0.4 is 5.32 Å². The molecule has 0 atom stereocenters. The maximum Gasteiger partial charge on any atom is 0.0495 e. The summed E-state index contributed by atoms with van der Waals surface area (Å²) in [6, 6.07) is 10.6. The minimum Gasteiger partial charge on any atom is -0.379 e. The SMILES string of the molecule is CSc1ccccc1NCc1cc(Br)c(C)s1. The van der Waals surface area contributed by atoms with Crippen molar-refractivity contribution >= 4 is 44.7 Å². The standard InChI is InChI=1S/C13H14BrNS2/c1-9-11(14)7-10(17-9)8-15-12-5-3-4-6-13(12)16-2/h3-7,15H,8H2,1-2H3. The zero-order valence-electron chi connectivity index (χ0n) is 9.79. The normalized spacial score (nSPS) is 10.5. The molecule has 2 aromatic rings. The largest absolute Gasteiger partial charge is 0.379 e. The van der Waals surface area contributed by atoms with Crippen molar-refractivity contribution in [2.75, 3.05) is 11.6 Å². The van der Waals surface area contributed by atoms with Gasteiger partial charge in [-0.05, 0) is 47.3 Å². The zero-order chi connectivity index (χ0) is 12.3. The molecule has 1 nitrogen and oxygen atoms in total. The molecule has 2 rings (SSSR count). The molecule has 0 saturated carbocycles. The highest BCUT2D eigenvalue weighted by Gasteiger charge is 2.04. The Morgan fingerprint density at radius 3 is 2.76 bits per heavy atom. The van der Waals surface area contributed by atoms with E-state index in [1.165, 1.54) is 24.8 Å². The van der Waals surface area contributed by atoms with E-state index in [1.807, 2.05) is 11.3 Å². The second kappa shape index (κ2) is 5.94. The van der Waals surface area contributed by atoms with E-state index in [4.69, 9.17) is 0 Å². The molecule has 0 fully saturated rings. The number of rotatable bonds is 4. The van der Waals surface area contributed by atoms with Gasteiger partial charge in [0.25, 0.3) is 0 Å². The van der Waals surface area contributed by atoms with E-state index in [1.54, 1.807) is 11.8 Å². The predicted octanol–water partition coefficient (Wildman–Crippen LogP) is 5.15. The van der Waals surface area contributed by atoms with Gasteiger partial charge in [0.05, 0.1) is 0 Å². The number of aryl methyl sites for hydroxylation is 1. The molecule has 1 aromatic heterocycles. The van der Waals surface area contributed by atoms with E-state index >= 15 is 0 Å². The number of thioether (sulfide) groups is 1. The second-order valence-electron chi connectivity index (χ2n) is 3.67. The summed E-state index contributed by atoms with van der Waals surface area (Å²) in [5.41, 5.74) is 1.21. The van der Waals surface area contributed by atoms with Crippen LogP contribution in [0.2, 0.25) is 0 Å². The third kappa shape index (κ3) is 3.27. The number of halogens is 1. The Labute approximate surface area is 119 Å². The molecule has 0 aliphatic carbocycles. The highest BCUT2D eigenvalue weighted by atomic mass is 79.9. The van der Waals surface area contributed by atoms with Crippen LogP contribution in [0.5, 0.6) is 0 Å². The Morgan fingerprint density at radius 1 is 1.35 bits per heavy atom. The minimum absolute atomic E-state index is 0.884. The van der Waals surface area contributed by atoms with E-state index < -0.39 is 0 Å². The van der Waals surface area contributed by atoms with E-state index in [0.717, 1.165) is 6.54 Å². The van der Waals surface area contributed by atoms with Crippen LogP contribution in [0.25, 0.3) is 0 Å². The smallest absolute Gasteiger partial charge is 0.0495 e. The molecule has 17 heavy (non-hydrogen) atoms. The first-order valence-electron chi connectivity index (χ1n) is 5.32. The van der Waals surface area contributed by atoms with Gasteiger partial charge < -0.3 is 5.32 Å². The topological polar surface area (TPSA) is 12.0 Å². The highest BCUT2D eigenvalue weighted by Crippen LogP contribution is 2.29. The van der Waals surface area contributed by atoms with Crippen LogP contribution in [-0.4, -0.2) is 6.26 Å². The molecule has 1 N–H and O–H groups in total. The van der Waals surface area contributed by atoms with Crippen molar-refractivity contribution in [3.8, 4) is 0 Å². The van der Waals surface area contributed by atoms with Crippen LogP contribution in [0.15, 0.2) is 39.7 Å². The zero-order valence-corrected chi connectivity index (χ0v) is 13.0. The molecular weight excluding hydrogens is 314 g/mol. The van der Waals surface area contributed by atoms with Gasteiger partial charge in [-0.15, -0.1) is 23.1 Å². The van der Waals surface area contributed by atoms with Gasteiger partial charge in [0.2, 0.25) is 0 Å². The lowest BCUT2D eigenvalue weighted by Gasteiger charge is -2.08. The molecule has 0 unspecified atom stereocenters. The number of hydrogen-bond donors (Lipinski definition) is 1. The second-order valence-corrected chi connectivity index (χ2v) is 6.71. The number of hydrogen-bond acceptors (Lipinski definition) is 3. The van der Waals surface area contributed by atoms with Gasteiger partial charge in [0, 0.05) is 31.4 Å². The van der Waals surface area contributed by atoms with Crippen molar-refractivity contribution in [1.29, 1.82) is 0 Å². The van der Waals surface area contributed by atoms with E-state index in [-0.39, 0.29) is 0 Å². The Balaban J connectivity index is 2.07. The van der Waals surface area contributed by atoms with Gasteiger partial charge in [-0.2, -0.15) is 0 Å². The van der Waals surface area contributed by atoms with Gasteiger partial charge in [0.1, 0.15) is 0 Å². The lowest BCUT2D eigenvalue weighted by atomic mass is 10.3. The fourth-order valence-electron chi connectivity index (χ4n) is 1.58. The summed E-state index contributed by atoms with van der Waals surface area (Å²) in [7, 11) is 0. The summed E-state index contributed by atoms with van der Waals surface area (Å²) in [6.45, 7) is 3.02. The van der Waals surface area contributed by atoms with Crippen molar-refractivity contribution in [2.24, 2.45) is 0 Å². The molecular formula is C13H14BrNS2. The molecule has 0 bridgehead atoms. The van der Waals surface area contributed by atoms with Crippen molar-refractivity contribution in [3.63, 3.8) is 0 Å². The van der Waals surface area contributed by atoms with Gasteiger partial charge in [-0.1, -0.05) is 12.1 Å². The molecule has 0 aliphatic rings. The molecule has 1 heterocycles. The molecule has 0 amide bonds.